The number of fused-ring (bicyclic) bond motifs is 1. The zero-order chi connectivity index (χ0) is 23.2. The molecule has 3 aromatic carbocycles. The van der Waals surface area contributed by atoms with E-state index in [1.54, 1.807) is 30.3 Å². The molecule has 0 radical (unpaired) electrons. The van der Waals surface area contributed by atoms with Gasteiger partial charge in [-0.2, -0.15) is 0 Å². The predicted octanol–water partition coefficient (Wildman–Crippen LogP) is 6.99. The Kier molecular flexibility index (Phi) is 7.67. The molecule has 5 nitrogen and oxygen atoms in total. The molecule has 0 saturated carbocycles. The van der Waals surface area contributed by atoms with Crippen LogP contribution in [0.1, 0.15) is 5.56 Å². The van der Waals surface area contributed by atoms with Crippen molar-refractivity contribution in [2.45, 2.75) is 4.34 Å². The minimum Gasteiger partial charge on any atom is -0.324 e. The molecule has 2 amide bonds. The number of carbonyl (C=O) groups excluding carboxylic acids is 2. The van der Waals surface area contributed by atoms with Crippen molar-refractivity contribution in [2.75, 3.05) is 16.4 Å². The molecule has 0 unspecified atom stereocenters. The van der Waals surface area contributed by atoms with Crippen LogP contribution in [0.25, 0.3) is 16.3 Å². The van der Waals surface area contributed by atoms with Crippen molar-refractivity contribution in [3.63, 3.8) is 0 Å². The normalized spacial score (nSPS) is 11.1. The Morgan fingerprint density at radius 2 is 1.82 bits per heavy atom. The Hall–Kier alpha value is -2.84. The molecule has 166 valence electrons. The van der Waals surface area contributed by atoms with Gasteiger partial charge in [0.1, 0.15) is 0 Å². The Balaban J connectivity index is 1.35. The van der Waals surface area contributed by atoms with Crippen LogP contribution in [-0.2, 0) is 9.59 Å². The number of benzene rings is 3. The van der Waals surface area contributed by atoms with Crippen molar-refractivity contribution in [1.82, 2.24) is 4.98 Å². The van der Waals surface area contributed by atoms with Crippen molar-refractivity contribution in [3.8, 4) is 0 Å². The fourth-order valence-electron chi connectivity index (χ4n) is 2.88. The molecule has 2 N–H and O–H groups in total. The molecule has 4 aromatic rings. The second-order valence-corrected chi connectivity index (χ2v) is 9.87. The number of halogens is 2. The van der Waals surface area contributed by atoms with Crippen molar-refractivity contribution < 1.29 is 9.59 Å². The van der Waals surface area contributed by atoms with E-state index >= 15 is 0 Å². The van der Waals surface area contributed by atoms with Gasteiger partial charge in [0.25, 0.3) is 0 Å². The van der Waals surface area contributed by atoms with Gasteiger partial charge in [-0.05, 0) is 42.0 Å². The van der Waals surface area contributed by atoms with Crippen LogP contribution < -0.4 is 10.6 Å². The second kappa shape index (κ2) is 10.9. The van der Waals surface area contributed by atoms with Crippen LogP contribution in [0.4, 0.5) is 11.4 Å². The average Bonchev–Trinajstić information content (AvgIpc) is 3.22. The van der Waals surface area contributed by atoms with Crippen molar-refractivity contribution in [2.24, 2.45) is 0 Å². The predicted molar refractivity (Wildman–Crippen MR) is 140 cm³/mol. The highest BCUT2D eigenvalue weighted by molar-refractivity contribution is 8.01. The van der Waals surface area contributed by atoms with Gasteiger partial charge in [0.15, 0.2) is 4.34 Å². The number of amides is 2. The van der Waals surface area contributed by atoms with Gasteiger partial charge in [-0.3, -0.25) is 9.59 Å². The first-order chi connectivity index (χ1) is 16.0. The smallest absolute Gasteiger partial charge is 0.248 e. The SMILES string of the molecule is O=C(C=Cc1ccccc1)Nc1ccc2nc(SCC(=O)Nc3cccc(Cl)c3Cl)sc2c1. The summed E-state index contributed by atoms with van der Waals surface area (Å²) in [5, 5.41) is 6.31. The van der Waals surface area contributed by atoms with Crippen LogP contribution in [0.15, 0.2) is 77.1 Å². The van der Waals surface area contributed by atoms with Crippen LogP contribution in [0.5, 0.6) is 0 Å². The van der Waals surface area contributed by atoms with Crippen LogP contribution in [0.3, 0.4) is 0 Å². The number of rotatable bonds is 7. The number of hydrogen-bond donors (Lipinski definition) is 2. The van der Waals surface area contributed by atoms with Crippen molar-refractivity contribution in [3.05, 3.63) is 88.4 Å². The third kappa shape index (κ3) is 6.36. The molecule has 4 rings (SSSR count). The zero-order valence-electron chi connectivity index (χ0n) is 17.0. The second-order valence-electron chi connectivity index (χ2n) is 6.83. The molecule has 0 aliphatic heterocycles. The Labute approximate surface area is 208 Å². The standard InChI is InChI=1S/C24H17Cl2N3O2S2/c25-17-7-4-8-19(23(17)26)28-22(31)14-32-24-29-18-11-10-16(13-20(18)33-24)27-21(30)12-9-15-5-2-1-3-6-15/h1-13H,14H2,(H,27,30)(H,28,31). The minimum absolute atomic E-state index is 0.177. The lowest BCUT2D eigenvalue weighted by Crippen LogP contribution is -2.14. The summed E-state index contributed by atoms with van der Waals surface area (Å²) in [5.41, 5.74) is 2.91. The summed E-state index contributed by atoms with van der Waals surface area (Å²) in [5.74, 6) is -0.244. The van der Waals surface area contributed by atoms with E-state index < -0.39 is 0 Å². The first-order valence-electron chi connectivity index (χ1n) is 9.79. The lowest BCUT2D eigenvalue weighted by atomic mass is 10.2. The minimum atomic E-state index is -0.214. The van der Waals surface area contributed by atoms with E-state index in [4.69, 9.17) is 23.2 Å². The maximum Gasteiger partial charge on any atom is 0.248 e. The van der Waals surface area contributed by atoms with E-state index in [-0.39, 0.29) is 17.6 Å². The van der Waals surface area contributed by atoms with Gasteiger partial charge in [-0.25, -0.2) is 4.98 Å². The fourth-order valence-corrected chi connectivity index (χ4v) is 5.13. The molecule has 33 heavy (non-hydrogen) atoms. The zero-order valence-corrected chi connectivity index (χ0v) is 20.2. The maximum absolute atomic E-state index is 12.3. The summed E-state index contributed by atoms with van der Waals surface area (Å²) in [6.45, 7) is 0. The lowest BCUT2D eigenvalue weighted by Gasteiger charge is -2.07. The highest BCUT2D eigenvalue weighted by Gasteiger charge is 2.11. The first-order valence-corrected chi connectivity index (χ1v) is 12.3. The molecule has 0 bridgehead atoms. The molecule has 1 heterocycles. The number of hydrogen-bond acceptors (Lipinski definition) is 5. The largest absolute Gasteiger partial charge is 0.324 e. The summed E-state index contributed by atoms with van der Waals surface area (Å²) in [4.78, 5) is 29.1. The van der Waals surface area contributed by atoms with E-state index in [1.807, 2.05) is 42.5 Å². The molecule has 0 atom stereocenters. The summed E-state index contributed by atoms with van der Waals surface area (Å²) in [6.07, 6.45) is 3.26. The van der Waals surface area contributed by atoms with Gasteiger partial charge in [0, 0.05) is 11.8 Å². The van der Waals surface area contributed by atoms with Crippen LogP contribution in [-0.4, -0.2) is 22.6 Å². The van der Waals surface area contributed by atoms with E-state index in [0.717, 1.165) is 20.1 Å². The number of nitrogens with zero attached hydrogens (tertiary/aromatic N) is 1. The van der Waals surface area contributed by atoms with E-state index in [2.05, 4.69) is 15.6 Å². The third-order valence-electron chi connectivity index (χ3n) is 4.42. The third-order valence-corrected chi connectivity index (χ3v) is 7.40. The van der Waals surface area contributed by atoms with Gasteiger partial charge in [0.2, 0.25) is 11.8 Å². The lowest BCUT2D eigenvalue weighted by molar-refractivity contribution is -0.114. The van der Waals surface area contributed by atoms with Crippen LogP contribution in [0, 0.1) is 0 Å². The first kappa shape index (κ1) is 23.3. The Bertz CT molecular complexity index is 1340. The molecule has 0 spiro atoms. The average molecular weight is 514 g/mol. The summed E-state index contributed by atoms with van der Waals surface area (Å²) >= 11 is 14.9. The van der Waals surface area contributed by atoms with Gasteiger partial charge in [0.05, 0.1) is 31.7 Å². The molecule has 1 aromatic heterocycles. The van der Waals surface area contributed by atoms with Gasteiger partial charge < -0.3 is 10.6 Å². The molecule has 0 saturated heterocycles. The number of nitrogens with one attached hydrogen (secondary N) is 2. The van der Waals surface area contributed by atoms with Crippen molar-refractivity contribution >= 4 is 85.8 Å². The summed E-state index contributed by atoms with van der Waals surface area (Å²) in [6, 6.07) is 20.2. The van der Waals surface area contributed by atoms with Crippen molar-refractivity contribution in [1.29, 1.82) is 0 Å². The monoisotopic (exact) mass is 513 g/mol. The Morgan fingerprint density at radius 1 is 1.00 bits per heavy atom. The molecule has 9 heteroatoms. The number of thioether (sulfide) groups is 1. The van der Waals surface area contributed by atoms with Gasteiger partial charge in [-0.1, -0.05) is 71.4 Å². The number of carbonyl (C=O) groups is 2. The van der Waals surface area contributed by atoms with E-state index in [1.165, 1.54) is 29.2 Å². The molecule has 0 fully saturated rings. The molecular formula is C24H17Cl2N3O2S2. The highest BCUT2D eigenvalue weighted by Crippen LogP contribution is 2.32. The fraction of sp³-hybridized carbons (Fsp3) is 0.0417. The maximum atomic E-state index is 12.3. The highest BCUT2D eigenvalue weighted by atomic mass is 35.5. The van der Waals surface area contributed by atoms with Gasteiger partial charge >= 0.3 is 0 Å². The van der Waals surface area contributed by atoms with Gasteiger partial charge in [-0.15, -0.1) is 11.3 Å². The van der Waals surface area contributed by atoms with E-state index in [0.29, 0.717) is 21.4 Å². The molecular weight excluding hydrogens is 497 g/mol. The van der Waals surface area contributed by atoms with Crippen LogP contribution >= 0.6 is 46.3 Å². The van der Waals surface area contributed by atoms with Crippen LogP contribution in [0.2, 0.25) is 10.0 Å². The number of aromatic nitrogens is 1. The topological polar surface area (TPSA) is 71.1 Å². The summed E-state index contributed by atoms with van der Waals surface area (Å²) in [7, 11) is 0. The Morgan fingerprint density at radius 3 is 2.64 bits per heavy atom. The number of anilines is 2. The van der Waals surface area contributed by atoms with E-state index in [9.17, 15) is 9.59 Å². The summed E-state index contributed by atoms with van der Waals surface area (Å²) < 4.78 is 1.67. The quantitative estimate of drug-likeness (QED) is 0.206. The number of thiazole rings is 1. The molecule has 0 aliphatic rings. The molecule has 0 aliphatic carbocycles.